The van der Waals surface area contributed by atoms with Crippen molar-refractivity contribution in [3.8, 4) is 11.8 Å². The van der Waals surface area contributed by atoms with E-state index in [0.29, 0.717) is 39.9 Å². The fourth-order valence-corrected chi connectivity index (χ4v) is 4.96. The Balaban J connectivity index is 1.55. The molecular formula is C29H27N5O3S. The number of pyridine rings is 1. The Morgan fingerprint density at radius 2 is 1.71 bits per heavy atom. The van der Waals surface area contributed by atoms with Gasteiger partial charge in [-0.25, -0.2) is 0 Å². The smallest absolute Gasteiger partial charge is 0.254 e. The Morgan fingerprint density at radius 1 is 1.03 bits per heavy atom. The number of hydrogen-bond donors (Lipinski definition) is 3. The van der Waals surface area contributed by atoms with Crippen LogP contribution in [0.25, 0.3) is 0 Å². The number of nitrogens with one attached hydrogen (secondary N) is 3. The van der Waals surface area contributed by atoms with Crippen LogP contribution in [0.3, 0.4) is 0 Å². The van der Waals surface area contributed by atoms with Gasteiger partial charge in [0.05, 0.1) is 34.9 Å². The maximum atomic E-state index is 13.4. The van der Waals surface area contributed by atoms with Crippen molar-refractivity contribution in [2.24, 2.45) is 0 Å². The summed E-state index contributed by atoms with van der Waals surface area (Å²) in [7, 11) is 0. The first kappa shape index (κ1) is 26.5. The molecule has 4 rings (SSSR count). The normalized spacial score (nSPS) is 14.8. The van der Waals surface area contributed by atoms with E-state index in [1.54, 1.807) is 67.8 Å². The van der Waals surface area contributed by atoms with E-state index in [0.717, 1.165) is 11.3 Å². The third-order valence-electron chi connectivity index (χ3n) is 5.76. The third kappa shape index (κ3) is 6.41. The Labute approximate surface area is 225 Å². The number of anilines is 2. The first-order valence-electron chi connectivity index (χ1n) is 12.0. The number of aromatic nitrogens is 1. The summed E-state index contributed by atoms with van der Waals surface area (Å²) in [5.41, 5.74) is 3.45. The van der Waals surface area contributed by atoms with Gasteiger partial charge < -0.3 is 20.7 Å². The molecule has 0 saturated heterocycles. The molecule has 0 bridgehead atoms. The first-order chi connectivity index (χ1) is 18.5. The van der Waals surface area contributed by atoms with Gasteiger partial charge in [-0.2, -0.15) is 5.26 Å². The van der Waals surface area contributed by atoms with E-state index in [4.69, 9.17) is 4.74 Å². The molecule has 0 fully saturated rings. The first-order valence-corrected chi connectivity index (χ1v) is 13.0. The van der Waals surface area contributed by atoms with E-state index < -0.39 is 5.92 Å². The summed E-state index contributed by atoms with van der Waals surface area (Å²) in [5, 5.41) is 19.7. The molecule has 1 aromatic heterocycles. The van der Waals surface area contributed by atoms with Gasteiger partial charge in [-0.1, -0.05) is 30.0 Å². The van der Waals surface area contributed by atoms with Gasteiger partial charge in [0.2, 0.25) is 5.91 Å². The molecule has 2 aromatic carbocycles. The third-order valence-corrected chi connectivity index (χ3v) is 6.78. The van der Waals surface area contributed by atoms with Crippen LogP contribution < -0.4 is 20.7 Å². The van der Waals surface area contributed by atoms with Gasteiger partial charge in [0, 0.05) is 35.0 Å². The molecule has 0 aliphatic carbocycles. The zero-order valence-corrected chi connectivity index (χ0v) is 21.8. The maximum absolute atomic E-state index is 13.4. The number of carbonyl (C=O) groups excluding carboxylic acids is 2. The van der Waals surface area contributed by atoms with Gasteiger partial charge in [0.15, 0.2) is 0 Å². The molecule has 8 nitrogen and oxygen atoms in total. The topological polar surface area (TPSA) is 116 Å². The minimum Gasteiger partial charge on any atom is -0.494 e. The quantitative estimate of drug-likeness (QED) is 0.352. The Hall–Kier alpha value is -4.55. The fourth-order valence-electron chi connectivity index (χ4n) is 4.07. The highest BCUT2D eigenvalue weighted by Crippen LogP contribution is 2.40. The van der Waals surface area contributed by atoms with Crippen molar-refractivity contribution in [3.05, 3.63) is 107 Å². The number of nitriles is 1. The number of benzene rings is 2. The average molecular weight is 526 g/mol. The molecule has 1 atom stereocenters. The number of thioether (sulfide) groups is 1. The van der Waals surface area contributed by atoms with Crippen LogP contribution in [0.5, 0.6) is 5.75 Å². The summed E-state index contributed by atoms with van der Waals surface area (Å²) in [6, 6.07) is 22.1. The van der Waals surface area contributed by atoms with Gasteiger partial charge in [-0.05, 0) is 67.9 Å². The molecule has 2 amide bonds. The molecule has 9 heteroatoms. The summed E-state index contributed by atoms with van der Waals surface area (Å²) < 4.78 is 5.43. The van der Waals surface area contributed by atoms with E-state index >= 15 is 0 Å². The van der Waals surface area contributed by atoms with Gasteiger partial charge in [-0.15, -0.1) is 0 Å². The number of dihydropyridines is 1. The van der Waals surface area contributed by atoms with E-state index in [-0.39, 0.29) is 17.6 Å². The number of rotatable bonds is 9. The van der Waals surface area contributed by atoms with Crippen LogP contribution in [-0.2, 0) is 9.59 Å². The number of hydrogen-bond acceptors (Lipinski definition) is 7. The van der Waals surface area contributed by atoms with Crippen LogP contribution in [0.15, 0.2) is 101 Å². The summed E-state index contributed by atoms with van der Waals surface area (Å²) in [4.78, 5) is 30.2. The molecule has 38 heavy (non-hydrogen) atoms. The average Bonchev–Trinajstić information content (AvgIpc) is 2.93. The molecule has 0 saturated carbocycles. The molecule has 1 aliphatic rings. The number of carbonyl (C=O) groups is 2. The number of para-hydroxylation sites is 1. The van der Waals surface area contributed by atoms with Crippen molar-refractivity contribution >= 4 is 35.0 Å². The lowest BCUT2D eigenvalue weighted by Crippen LogP contribution is -2.31. The van der Waals surface area contributed by atoms with Gasteiger partial charge in [-0.3, -0.25) is 14.6 Å². The second-order valence-corrected chi connectivity index (χ2v) is 9.33. The number of amides is 2. The Kier molecular flexibility index (Phi) is 8.80. The molecule has 1 aliphatic heterocycles. The van der Waals surface area contributed by atoms with Crippen molar-refractivity contribution in [1.29, 1.82) is 5.26 Å². The van der Waals surface area contributed by atoms with Crippen molar-refractivity contribution in [1.82, 2.24) is 10.3 Å². The fraction of sp³-hybridized carbons (Fsp3) is 0.172. The van der Waals surface area contributed by atoms with Crippen LogP contribution in [-0.4, -0.2) is 29.2 Å². The standard InChI is InChI=1S/C29H27N5O3S/c1-3-37-23-11-9-22(10-12-23)33-25(35)18-38-29-24(17-30)27(20-13-15-31-16-14-20)26(19(2)32-29)28(36)34-21-7-5-4-6-8-21/h4-16,27,32H,3,18H2,1-2H3,(H,33,35)(H,34,36)/t27-/m1/s1. The molecule has 3 N–H and O–H groups in total. The van der Waals surface area contributed by atoms with Crippen molar-refractivity contribution < 1.29 is 14.3 Å². The van der Waals surface area contributed by atoms with Gasteiger partial charge in [0.1, 0.15) is 5.75 Å². The molecule has 0 spiro atoms. The highest BCUT2D eigenvalue weighted by atomic mass is 32.2. The minimum absolute atomic E-state index is 0.0720. The summed E-state index contributed by atoms with van der Waals surface area (Å²) in [6.07, 6.45) is 3.26. The summed E-state index contributed by atoms with van der Waals surface area (Å²) in [5.74, 6) is -0.354. The number of nitrogens with zero attached hydrogens (tertiary/aromatic N) is 2. The van der Waals surface area contributed by atoms with Crippen LogP contribution in [0, 0.1) is 11.3 Å². The number of ether oxygens (including phenoxy) is 1. The summed E-state index contributed by atoms with van der Waals surface area (Å²) >= 11 is 1.22. The molecule has 0 radical (unpaired) electrons. The highest BCUT2D eigenvalue weighted by Gasteiger charge is 2.34. The van der Waals surface area contributed by atoms with E-state index in [9.17, 15) is 14.9 Å². The zero-order chi connectivity index (χ0) is 26.9. The van der Waals surface area contributed by atoms with E-state index in [2.05, 4.69) is 27.0 Å². The van der Waals surface area contributed by atoms with Crippen LogP contribution >= 0.6 is 11.8 Å². The SMILES string of the molecule is CCOc1ccc(NC(=O)CSC2=C(C#N)[C@@H](c3ccncc3)C(C(=O)Nc3ccccc3)=C(C)N2)cc1. The highest BCUT2D eigenvalue weighted by molar-refractivity contribution is 8.03. The predicted molar refractivity (Wildman–Crippen MR) is 149 cm³/mol. The largest absolute Gasteiger partial charge is 0.494 e. The lowest BCUT2D eigenvalue weighted by atomic mass is 9.82. The Morgan fingerprint density at radius 3 is 2.37 bits per heavy atom. The van der Waals surface area contributed by atoms with Gasteiger partial charge >= 0.3 is 0 Å². The lowest BCUT2D eigenvalue weighted by Gasteiger charge is -2.29. The second-order valence-electron chi connectivity index (χ2n) is 8.35. The monoisotopic (exact) mass is 525 g/mol. The second kappa shape index (κ2) is 12.6. The molecule has 2 heterocycles. The van der Waals surface area contributed by atoms with Gasteiger partial charge in [0.25, 0.3) is 5.91 Å². The van der Waals surface area contributed by atoms with Crippen LogP contribution in [0.1, 0.15) is 25.3 Å². The van der Waals surface area contributed by atoms with Crippen LogP contribution in [0.4, 0.5) is 11.4 Å². The predicted octanol–water partition coefficient (Wildman–Crippen LogP) is 5.19. The molecule has 3 aromatic rings. The van der Waals surface area contributed by atoms with Crippen LogP contribution in [0.2, 0.25) is 0 Å². The van der Waals surface area contributed by atoms with Crippen molar-refractivity contribution in [3.63, 3.8) is 0 Å². The molecule has 192 valence electrons. The zero-order valence-electron chi connectivity index (χ0n) is 21.0. The molecular weight excluding hydrogens is 498 g/mol. The number of allylic oxidation sites excluding steroid dienone is 2. The lowest BCUT2D eigenvalue weighted by molar-refractivity contribution is -0.114. The van der Waals surface area contributed by atoms with E-state index in [1.165, 1.54) is 11.8 Å². The van der Waals surface area contributed by atoms with Crippen molar-refractivity contribution in [2.45, 2.75) is 19.8 Å². The summed E-state index contributed by atoms with van der Waals surface area (Å²) in [6.45, 7) is 4.27. The Bertz CT molecular complexity index is 1400. The minimum atomic E-state index is -0.621. The maximum Gasteiger partial charge on any atom is 0.254 e. The van der Waals surface area contributed by atoms with Crippen molar-refractivity contribution in [2.75, 3.05) is 23.0 Å². The van der Waals surface area contributed by atoms with E-state index in [1.807, 2.05) is 25.1 Å². The molecule has 0 unspecified atom stereocenters.